The molecule has 0 radical (unpaired) electrons. The van der Waals surface area contributed by atoms with E-state index in [-0.39, 0.29) is 16.5 Å². The van der Waals surface area contributed by atoms with E-state index < -0.39 is 5.97 Å². The Morgan fingerprint density at radius 1 is 1.19 bits per heavy atom. The second-order valence-electron chi connectivity index (χ2n) is 4.70. The fourth-order valence-electron chi connectivity index (χ4n) is 2.45. The molecule has 1 aromatic heterocycles. The topological polar surface area (TPSA) is 42.2 Å². The fourth-order valence-corrected chi connectivity index (χ4v) is 2.78. The molecule has 0 unspecified atom stereocenters. The minimum atomic E-state index is -1.07. The quantitative estimate of drug-likeness (QED) is 0.788. The van der Waals surface area contributed by atoms with Gasteiger partial charge in [0.15, 0.2) is 0 Å². The molecule has 5 heteroatoms. The van der Waals surface area contributed by atoms with Crippen molar-refractivity contribution in [3.63, 3.8) is 0 Å². The smallest absolute Gasteiger partial charge is 0.339 e. The second kappa shape index (κ2) is 5.22. The van der Waals surface area contributed by atoms with Gasteiger partial charge in [0, 0.05) is 11.9 Å². The van der Waals surface area contributed by atoms with E-state index in [1.807, 2.05) is 6.07 Å². The molecule has 3 rings (SSSR count). The molecule has 21 heavy (non-hydrogen) atoms. The molecule has 0 spiro atoms. The van der Waals surface area contributed by atoms with Crippen LogP contribution in [0.3, 0.4) is 0 Å². The highest BCUT2D eigenvalue weighted by atomic mass is 35.5. The van der Waals surface area contributed by atoms with Crippen LogP contribution in [-0.4, -0.2) is 15.6 Å². The summed E-state index contributed by atoms with van der Waals surface area (Å²) in [6.07, 6.45) is 0. The molecule has 0 aliphatic carbocycles. The Morgan fingerprint density at radius 2 is 1.95 bits per heavy atom. The van der Waals surface area contributed by atoms with Crippen LogP contribution in [0.5, 0.6) is 0 Å². The maximum absolute atomic E-state index is 13.3. The summed E-state index contributed by atoms with van der Waals surface area (Å²) in [4.78, 5) is 11.4. The number of halogens is 2. The molecule has 0 amide bonds. The summed E-state index contributed by atoms with van der Waals surface area (Å²) in [6.45, 7) is 0.310. The average molecular weight is 304 g/mol. The van der Waals surface area contributed by atoms with Gasteiger partial charge in [-0.05, 0) is 23.8 Å². The van der Waals surface area contributed by atoms with E-state index in [4.69, 9.17) is 11.6 Å². The van der Waals surface area contributed by atoms with Crippen LogP contribution in [0.1, 0.15) is 15.9 Å². The normalized spacial score (nSPS) is 11.0. The molecule has 0 aliphatic heterocycles. The van der Waals surface area contributed by atoms with Crippen LogP contribution < -0.4 is 0 Å². The van der Waals surface area contributed by atoms with E-state index >= 15 is 0 Å². The molecule has 1 N–H and O–H groups in total. The lowest BCUT2D eigenvalue weighted by Crippen LogP contribution is -2.02. The number of rotatable bonds is 3. The molecule has 0 aliphatic rings. The monoisotopic (exact) mass is 303 g/mol. The largest absolute Gasteiger partial charge is 0.478 e. The first-order chi connectivity index (χ1) is 10.1. The number of hydrogen-bond donors (Lipinski definition) is 1. The molecular weight excluding hydrogens is 293 g/mol. The Bertz CT molecular complexity index is 841. The molecule has 3 nitrogen and oxygen atoms in total. The van der Waals surface area contributed by atoms with Gasteiger partial charge in [0.05, 0.1) is 5.52 Å². The summed E-state index contributed by atoms with van der Waals surface area (Å²) in [7, 11) is 0. The molecule has 0 saturated carbocycles. The van der Waals surface area contributed by atoms with Crippen LogP contribution in [-0.2, 0) is 6.54 Å². The van der Waals surface area contributed by atoms with Crippen molar-refractivity contribution < 1.29 is 14.3 Å². The Labute approximate surface area is 125 Å². The van der Waals surface area contributed by atoms with Crippen molar-refractivity contribution in [1.29, 1.82) is 0 Å². The molecule has 0 atom stereocenters. The summed E-state index contributed by atoms with van der Waals surface area (Å²) in [6, 6.07) is 13.2. The fraction of sp³-hybridized carbons (Fsp3) is 0.0625. The van der Waals surface area contributed by atoms with Crippen molar-refractivity contribution in [3.8, 4) is 0 Å². The number of para-hydroxylation sites is 1. The van der Waals surface area contributed by atoms with E-state index in [0.29, 0.717) is 17.4 Å². The van der Waals surface area contributed by atoms with Gasteiger partial charge in [-0.15, -0.1) is 0 Å². The highest BCUT2D eigenvalue weighted by molar-refractivity contribution is 6.35. The Kier molecular flexibility index (Phi) is 3.39. The minimum absolute atomic E-state index is 0.0728. The summed E-state index contributed by atoms with van der Waals surface area (Å²) in [5.41, 5.74) is 1.50. The van der Waals surface area contributed by atoms with E-state index in [2.05, 4.69) is 0 Å². The zero-order chi connectivity index (χ0) is 15.0. The first-order valence-corrected chi connectivity index (χ1v) is 6.70. The zero-order valence-electron chi connectivity index (χ0n) is 10.9. The van der Waals surface area contributed by atoms with Gasteiger partial charge >= 0.3 is 5.97 Å². The number of benzene rings is 2. The molecule has 3 aromatic rings. The molecular formula is C16H11ClFNO2. The molecule has 0 bridgehead atoms. The predicted octanol–water partition coefficient (Wildman–Crippen LogP) is 4.18. The number of hydrogen-bond acceptors (Lipinski definition) is 1. The van der Waals surface area contributed by atoms with Crippen molar-refractivity contribution in [2.75, 3.05) is 0 Å². The van der Waals surface area contributed by atoms with Crippen LogP contribution in [0.15, 0.2) is 48.5 Å². The Hall–Kier alpha value is -2.33. The van der Waals surface area contributed by atoms with Gasteiger partial charge in [-0.3, -0.25) is 0 Å². The average Bonchev–Trinajstić information content (AvgIpc) is 2.72. The van der Waals surface area contributed by atoms with E-state index in [1.54, 1.807) is 34.9 Å². The van der Waals surface area contributed by atoms with E-state index in [0.717, 1.165) is 5.56 Å². The summed E-state index contributed by atoms with van der Waals surface area (Å²) in [5.74, 6) is -1.41. The maximum atomic E-state index is 13.3. The highest BCUT2D eigenvalue weighted by Crippen LogP contribution is 2.30. The number of aromatic nitrogens is 1. The number of carbonyl (C=O) groups is 1. The zero-order valence-corrected chi connectivity index (χ0v) is 11.6. The van der Waals surface area contributed by atoms with Crippen LogP contribution in [0.25, 0.3) is 10.9 Å². The number of nitrogens with zero attached hydrogens (tertiary/aromatic N) is 1. The van der Waals surface area contributed by atoms with Gasteiger partial charge in [-0.1, -0.05) is 41.9 Å². The predicted molar refractivity (Wildman–Crippen MR) is 79.4 cm³/mol. The van der Waals surface area contributed by atoms with Crippen LogP contribution in [0.4, 0.5) is 4.39 Å². The van der Waals surface area contributed by atoms with Crippen molar-refractivity contribution in [2.45, 2.75) is 6.54 Å². The number of aromatic carboxylic acids is 1. The van der Waals surface area contributed by atoms with Gasteiger partial charge < -0.3 is 9.67 Å². The third-order valence-corrected chi connectivity index (χ3v) is 3.74. The Balaban J connectivity index is 2.18. The Morgan fingerprint density at radius 3 is 2.67 bits per heavy atom. The highest BCUT2D eigenvalue weighted by Gasteiger charge is 2.20. The van der Waals surface area contributed by atoms with Crippen molar-refractivity contribution in [2.24, 2.45) is 0 Å². The van der Waals surface area contributed by atoms with E-state index in [9.17, 15) is 14.3 Å². The van der Waals surface area contributed by atoms with Gasteiger partial charge in [0.25, 0.3) is 0 Å². The third-order valence-electron chi connectivity index (χ3n) is 3.35. The first kappa shape index (κ1) is 13.6. The van der Waals surface area contributed by atoms with Crippen molar-refractivity contribution in [3.05, 3.63) is 70.6 Å². The van der Waals surface area contributed by atoms with Crippen molar-refractivity contribution in [1.82, 2.24) is 4.57 Å². The molecule has 2 aromatic carbocycles. The van der Waals surface area contributed by atoms with Gasteiger partial charge in [0.2, 0.25) is 0 Å². The second-order valence-corrected chi connectivity index (χ2v) is 5.06. The SMILES string of the molecule is O=C(O)c1c(Cl)n(Cc2cccc(F)c2)c2ccccc12. The summed E-state index contributed by atoms with van der Waals surface area (Å²) in [5, 5.41) is 10.1. The lowest BCUT2D eigenvalue weighted by Gasteiger charge is -2.07. The lowest BCUT2D eigenvalue weighted by atomic mass is 10.2. The number of fused-ring (bicyclic) bond motifs is 1. The van der Waals surface area contributed by atoms with E-state index in [1.165, 1.54) is 12.1 Å². The minimum Gasteiger partial charge on any atom is -0.478 e. The lowest BCUT2D eigenvalue weighted by molar-refractivity contribution is 0.0699. The number of carboxylic acids is 1. The van der Waals surface area contributed by atoms with Gasteiger partial charge in [-0.25, -0.2) is 9.18 Å². The molecule has 0 fully saturated rings. The third kappa shape index (κ3) is 2.38. The molecule has 1 heterocycles. The van der Waals surface area contributed by atoms with Crippen LogP contribution in [0.2, 0.25) is 5.15 Å². The summed E-state index contributed by atoms with van der Waals surface area (Å²) >= 11 is 6.23. The van der Waals surface area contributed by atoms with Gasteiger partial charge in [0.1, 0.15) is 16.5 Å². The molecule has 0 saturated heterocycles. The maximum Gasteiger partial charge on any atom is 0.339 e. The number of carboxylic acid groups (broad SMARTS) is 1. The van der Waals surface area contributed by atoms with Gasteiger partial charge in [-0.2, -0.15) is 0 Å². The van der Waals surface area contributed by atoms with Crippen LogP contribution >= 0.6 is 11.6 Å². The molecule has 106 valence electrons. The van der Waals surface area contributed by atoms with Crippen LogP contribution in [0, 0.1) is 5.82 Å². The first-order valence-electron chi connectivity index (χ1n) is 6.32. The van der Waals surface area contributed by atoms with Crippen molar-refractivity contribution >= 4 is 28.5 Å². The summed E-state index contributed by atoms with van der Waals surface area (Å²) < 4.78 is 15.0. The standard InChI is InChI=1S/C16H11ClFNO2/c17-15-14(16(20)21)12-6-1-2-7-13(12)19(15)9-10-4-3-5-11(18)8-10/h1-8H,9H2,(H,20,21).